The molecular formula is C39H56O9. The molecule has 0 spiro atoms. The average molecular weight is 669 g/mol. The molecule has 0 heterocycles. The molecule has 0 bridgehead atoms. The molecule has 9 heteroatoms. The highest BCUT2D eigenvalue weighted by Crippen LogP contribution is 2.35. The second kappa shape index (κ2) is 19.8. The summed E-state index contributed by atoms with van der Waals surface area (Å²) >= 11 is 0. The molecule has 9 nitrogen and oxygen atoms in total. The summed E-state index contributed by atoms with van der Waals surface area (Å²) in [5, 5.41) is 0. The van der Waals surface area contributed by atoms with E-state index in [0.29, 0.717) is 31.1 Å². The summed E-state index contributed by atoms with van der Waals surface area (Å²) in [4.78, 5) is 39.8. The molecule has 2 unspecified atom stereocenters. The van der Waals surface area contributed by atoms with Crippen molar-refractivity contribution >= 4 is 17.9 Å². The molecule has 0 saturated carbocycles. The Labute approximate surface area is 287 Å². The molecule has 0 amide bonds. The highest BCUT2D eigenvalue weighted by Gasteiger charge is 2.33. The van der Waals surface area contributed by atoms with E-state index in [1.165, 1.54) is 6.92 Å². The van der Waals surface area contributed by atoms with Crippen LogP contribution in [0.4, 0.5) is 0 Å². The molecule has 48 heavy (non-hydrogen) atoms. The first-order valence-electron chi connectivity index (χ1n) is 16.8. The highest BCUT2D eigenvalue weighted by molar-refractivity contribution is 5.90. The van der Waals surface area contributed by atoms with Gasteiger partial charge in [0.2, 0.25) is 0 Å². The Hall–Kier alpha value is -3.85. The topological polar surface area (TPSA) is 107 Å². The van der Waals surface area contributed by atoms with Gasteiger partial charge in [-0.25, -0.2) is 4.79 Å². The van der Waals surface area contributed by atoms with Gasteiger partial charge in [-0.3, -0.25) is 9.59 Å². The van der Waals surface area contributed by atoms with E-state index in [2.05, 4.69) is 13.8 Å². The van der Waals surface area contributed by atoms with Crippen LogP contribution in [0, 0.1) is 23.7 Å². The lowest BCUT2D eigenvalue weighted by Gasteiger charge is -2.27. The Morgan fingerprint density at radius 3 is 2.06 bits per heavy atom. The number of benzene rings is 2. The predicted molar refractivity (Wildman–Crippen MR) is 185 cm³/mol. The molecule has 0 aromatic heterocycles. The number of rotatable bonds is 19. The minimum atomic E-state index is -0.798. The number of ether oxygens (including phenoxy) is 6. The maximum Gasteiger partial charge on any atom is 0.337 e. The average Bonchev–Trinajstić information content (AvgIpc) is 3.01. The van der Waals surface area contributed by atoms with E-state index in [-0.39, 0.29) is 48.5 Å². The van der Waals surface area contributed by atoms with Gasteiger partial charge in [0.05, 0.1) is 25.2 Å². The maximum absolute atomic E-state index is 13.9. The molecule has 0 saturated heterocycles. The van der Waals surface area contributed by atoms with Gasteiger partial charge in [0.1, 0.15) is 18.0 Å². The molecule has 2 aromatic rings. The number of carbonyl (C=O) groups is 3. The van der Waals surface area contributed by atoms with Crippen LogP contribution in [0.3, 0.4) is 0 Å². The smallest absolute Gasteiger partial charge is 0.337 e. The van der Waals surface area contributed by atoms with E-state index in [0.717, 1.165) is 17.5 Å². The van der Waals surface area contributed by atoms with Gasteiger partial charge in [0.25, 0.3) is 0 Å². The van der Waals surface area contributed by atoms with Crippen molar-refractivity contribution in [3.8, 4) is 11.5 Å². The van der Waals surface area contributed by atoms with Gasteiger partial charge in [-0.05, 0) is 74.6 Å². The molecule has 0 aliphatic carbocycles. The van der Waals surface area contributed by atoms with Gasteiger partial charge < -0.3 is 28.4 Å². The van der Waals surface area contributed by atoms with Gasteiger partial charge in [0, 0.05) is 33.5 Å². The van der Waals surface area contributed by atoms with E-state index >= 15 is 0 Å². The van der Waals surface area contributed by atoms with E-state index in [1.54, 1.807) is 35.0 Å². The normalized spacial score (nSPS) is 13.4. The number of allylic oxidation sites excluding steroid dienone is 1. The van der Waals surface area contributed by atoms with Crippen LogP contribution in [0.1, 0.15) is 85.8 Å². The Balaban J connectivity index is 2.51. The van der Waals surface area contributed by atoms with Gasteiger partial charge in [-0.15, -0.1) is 0 Å². The minimum absolute atomic E-state index is 0.00621. The summed E-state index contributed by atoms with van der Waals surface area (Å²) < 4.78 is 34.0. The lowest BCUT2D eigenvalue weighted by Crippen LogP contribution is -2.29. The molecule has 2 atom stereocenters. The van der Waals surface area contributed by atoms with E-state index in [9.17, 15) is 14.4 Å². The first kappa shape index (κ1) is 40.3. The van der Waals surface area contributed by atoms with Crippen molar-refractivity contribution < 1.29 is 42.8 Å². The molecule has 0 radical (unpaired) electrons. The molecule has 0 fully saturated rings. The maximum atomic E-state index is 13.9. The van der Waals surface area contributed by atoms with Crippen molar-refractivity contribution in [3.05, 3.63) is 71.0 Å². The van der Waals surface area contributed by atoms with Crippen molar-refractivity contribution in [2.75, 3.05) is 27.4 Å². The van der Waals surface area contributed by atoms with Gasteiger partial charge in [-0.1, -0.05) is 64.1 Å². The van der Waals surface area contributed by atoms with Gasteiger partial charge in [-0.2, -0.15) is 0 Å². The second-order valence-electron chi connectivity index (χ2n) is 13.7. The summed E-state index contributed by atoms with van der Waals surface area (Å²) in [6.45, 7) is 15.8. The summed E-state index contributed by atoms with van der Waals surface area (Å²) in [6.07, 6.45) is 1.60. The first-order valence-corrected chi connectivity index (χ1v) is 16.8. The quantitative estimate of drug-likeness (QED) is 0.0486. The zero-order valence-electron chi connectivity index (χ0n) is 30.6. The number of methoxy groups -OCH3 is 2. The van der Waals surface area contributed by atoms with Crippen LogP contribution in [0.5, 0.6) is 11.5 Å². The van der Waals surface area contributed by atoms with Crippen LogP contribution in [-0.4, -0.2) is 50.9 Å². The highest BCUT2D eigenvalue weighted by atomic mass is 16.6. The van der Waals surface area contributed by atoms with Crippen LogP contribution in [0.25, 0.3) is 0 Å². The van der Waals surface area contributed by atoms with Crippen LogP contribution < -0.4 is 9.47 Å². The van der Waals surface area contributed by atoms with E-state index in [1.807, 2.05) is 62.4 Å². The Kier molecular flexibility index (Phi) is 16.7. The van der Waals surface area contributed by atoms with E-state index in [4.69, 9.17) is 28.4 Å². The van der Waals surface area contributed by atoms with Crippen LogP contribution in [-0.2, 0) is 46.4 Å². The molecule has 2 rings (SSSR count). The monoisotopic (exact) mass is 668 g/mol. The zero-order chi connectivity index (χ0) is 35.9. The Morgan fingerprint density at radius 1 is 0.812 bits per heavy atom. The number of carbonyl (C=O) groups excluding carboxylic acids is 3. The van der Waals surface area contributed by atoms with E-state index < -0.39 is 29.4 Å². The lowest BCUT2D eigenvalue weighted by atomic mass is 9.82. The van der Waals surface area contributed by atoms with Crippen molar-refractivity contribution in [1.29, 1.82) is 0 Å². The van der Waals surface area contributed by atoms with Gasteiger partial charge in [0.15, 0.2) is 11.5 Å². The third kappa shape index (κ3) is 14.1. The Morgan fingerprint density at radius 2 is 1.50 bits per heavy atom. The Bertz CT molecular complexity index is 1340. The predicted octanol–water partition coefficient (Wildman–Crippen LogP) is 7.88. The third-order valence-corrected chi connectivity index (χ3v) is 7.87. The fraction of sp³-hybridized carbons (Fsp3) is 0.564. The molecule has 0 aliphatic rings. The van der Waals surface area contributed by atoms with Gasteiger partial charge >= 0.3 is 17.9 Å². The molecule has 0 N–H and O–H groups in total. The molecule has 266 valence electrons. The largest absolute Gasteiger partial charge is 0.493 e. The summed E-state index contributed by atoms with van der Waals surface area (Å²) in [5.74, 6) is -0.971. The van der Waals surface area contributed by atoms with Crippen LogP contribution in [0.2, 0.25) is 0 Å². The summed E-state index contributed by atoms with van der Waals surface area (Å²) in [5.41, 5.74) is 1.30. The molecule has 2 aromatic carbocycles. The molecular weight excluding hydrogens is 612 g/mol. The summed E-state index contributed by atoms with van der Waals surface area (Å²) in [6, 6.07) is 15.2. The standard InChI is InChI=1S/C39H56O9/c1-26(2)31(21-30-17-18-34(44-10)36(22-30)45-20-14-19-43-9)23-33(38(42)48-39(6,7)8)35(47-28(5)40)24-32(27(3)4)37(41)46-25-29-15-12-11-13-16-29/h11-13,15-18,22,26-27,31-32H,14,19-21,23-25H2,1-10H3. The van der Waals surface area contributed by atoms with Crippen molar-refractivity contribution in [1.82, 2.24) is 0 Å². The lowest BCUT2D eigenvalue weighted by molar-refractivity contribution is -0.154. The van der Waals surface area contributed by atoms with Crippen LogP contribution in [0.15, 0.2) is 59.9 Å². The number of hydrogen-bond acceptors (Lipinski definition) is 9. The van der Waals surface area contributed by atoms with Crippen molar-refractivity contribution in [3.63, 3.8) is 0 Å². The number of hydrogen-bond donors (Lipinski definition) is 0. The van der Waals surface area contributed by atoms with Crippen LogP contribution >= 0.6 is 0 Å². The zero-order valence-corrected chi connectivity index (χ0v) is 30.6. The fourth-order valence-corrected chi connectivity index (χ4v) is 5.13. The number of esters is 3. The summed E-state index contributed by atoms with van der Waals surface area (Å²) in [7, 11) is 3.26. The molecule has 0 aliphatic heterocycles. The SMILES string of the molecule is COCCCOc1cc(CC(CC(C(=O)OC(C)(C)C)=C(CC(C(=O)OCc2ccccc2)C(C)C)OC(C)=O)C(C)C)ccc1OC. The van der Waals surface area contributed by atoms with Crippen molar-refractivity contribution in [2.24, 2.45) is 23.7 Å². The minimum Gasteiger partial charge on any atom is -0.493 e. The van der Waals surface area contributed by atoms with Crippen molar-refractivity contribution in [2.45, 2.75) is 93.3 Å². The third-order valence-electron chi connectivity index (χ3n) is 7.87. The fourth-order valence-electron chi connectivity index (χ4n) is 5.13. The second-order valence-corrected chi connectivity index (χ2v) is 13.7. The first-order chi connectivity index (χ1) is 22.6.